The van der Waals surface area contributed by atoms with Crippen LogP contribution in [0.2, 0.25) is 0 Å². The van der Waals surface area contributed by atoms with Gasteiger partial charge in [-0.05, 0) is 42.8 Å². The zero-order valence-electron chi connectivity index (χ0n) is 17.3. The van der Waals surface area contributed by atoms with E-state index in [1.165, 1.54) is 36.0 Å². The summed E-state index contributed by atoms with van der Waals surface area (Å²) in [4.78, 5) is 13.8. The summed E-state index contributed by atoms with van der Waals surface area (Å²) in [5.74, 6) is 0.256. The number of benzene rings is 2. The molecule has 3 N–H and O–H groups in total. The Morgan fingerprint density at radius 2 is 1.91 bits per heavy atom. The van der Waals surface area contributed by atoms with Gasteiger partial charge < -0.3 is 10.1 Å². The van der Waals surface area contributed by atoms with Crippen LogP contribution in [0.15, 0.2) is 52.3 Å². The topological polar surface area (TPSA) is 128 Å². The van der Waals surface area contributed by atoms with Gasteiger partial charge in [-0.1, -0.05) is 0 Å². The number of sulfonamides is 1. The highest BCUT2D eigenvalue weighted by Gasteiger charge is 2.22. The van der Waals surface area contributed by atoms with Gasteiger partial charge in [0.25, 0.3) is 5.69 Å². The largest absolute Gasteiger partial charge is 0.379 e. The molecule has 0 radical (unpaired) electrons. The molecule has 1 fully saturated rings. The number of nitrogens with one attached hydrogen (secondary N) is 1. The fourth-order valence-corrected chi connectivity index (χ4v) is 4.78. The van der Waals surface area contributed by atoms with Crippen LogP contribution in [-0.4, -0.2) is 62.9 Å². The second-order valence-corrected chi connectivity index (χ2v) is 9.98. The number of nitro benzene ring substituents is 1. The zero-order chi connectivity index (χ0) is 23.1. The minimum atomic E-state index is -4.06. The third-order valence-corrected chi connectivity index (χ3v) is 7.10. The monoisotopic (exact) mass is 484 g/mol. The first-order valence-electron chi connectivity index (χ1n) is 9.98. The number of rotatable bonds is 10. The molecule has 12 heteroatoms. The molecule has 32 heavy (non-hydrogen) atoms. The molecule has 1 atom stereocenters. The Kier molecular flexibility index (Phi) is 8.43. The summed E-state index contributed by atoms with van der Waals surface area (Å²) in [7, 11) is -4.06. The summed E-state index contributed by atoms with van der Waals surface area (Å²) >= 11 is 1.51. The van der Waals surface area contributed by atoms with Crippen molar-refractivity contribution in [2.75, 3.05) is 43.9 Å². The smallest absolute Gasteiger partial charge is 0.293 e. The van der Waals surface area contributed by atoms with Crippen molar-refractivity contribution >= 4 is 33.2 Å². The van der Waals surface area contributed by atoms with Gasteiger partial charge in [0.1, 0.15) is 11.5 Å². The Morgan fingerprint density at radius 1 is 1.22 bits per heavy atom. The average Bonchev–Trinajstić information content (AvgIpc) is 2.76. The van der Waals surface area contributed by atoms with Gasteiger partial charge in [0.05, 0.1) is 23.0 Å². The number of nitrogens with two attached hydrogens (primary N) is 1. The van der Waals surface area contributed by atoms with Crippen LogP contribution in [0.5, 0.6) is 0 Å². The lowest BCUT2D eigenvalue weighted by atomic mass is 10.2. The van der Waals surface area contributed by atoms with E-state index in [-0.39, 0.29) is 28.1 Å². The highest BCUT2D eigenvalue weighted by molar-refractivity contribution is 7.99. The van der Waals surface area contributed by atoms with Gasteiger partial charge in [0.2, 0.25) is 10.0 Å². The first kappa shape index (κ1) is 24.4. The lowest BCUT2D eigenvalue weighted by molar-refractivity contribution is -0.384. The number of nitrogens with zero attached hydrogens (tertiary/aromatic N) is 2. The third-order valence-electron chi connectivity index (χ3n) is 5.02. The van der Waals surface area contributed by atoms with Gasteiger partial charge in [0, 0.05) is 42.4 Å². The maximum atomic E-state index is 13.2. The van der Waals surface area contributed by atoms with Crippen LogP contribution in [0, 0.1) is 15.9 Å². The van der Waals surface area contributed by atoms with Gasteiger partial charge in [-0.2, -0.15) is 0 Å². The quantitative estimate of drug-likeness (QED) is 0.299. The number of morpholine rings is 1. The minimum Gasteiger partial charge on any atom is -0.379 e. The predicted molar refractivity (Wildman–Crippen MR) is 121 cm³/mol. The molecular formula is C20H25FN4O5S2. The van der Waals surface area contributed by atoms with E-state index in [0.29, 0.717) is 25.4 Å². The number of thioether (sulfide) groups is 1. The Morgan fingerprint density at radius 3 is 2.53 bits per heavy atom. The van der Waals surface area contributed by atoms with Crippen molar-refractivity contribution in [3.8, 4) is 0 Å². The Balaban J connectivity index is 1.76. The summed E-state index contributed by atoms with van der Waals surface area (Å²) in [6, 6.07) is 9.55. The zero-order valence-corrected chi connectivity index (χ0v) is 18.9. The van der Waals surface area contributed by atoms with Gasteiger partial charge in [-0.15, -0.1) is 11.8 Å². The number of nitro groups is 1. The van der Waals surface area contributed by atoms with Crippen molar-refractivity contribution in [2.45, 2.75) is 22.3 Å². The van der Waals surface area contributed by atoms with Gasteiger partial charge in [-0.3, -0.25) is 15.0 Å². The van der Waals surface area contributed by atoms with Crippen molar-refractivity contribution in [1.82, 2.24) is 4.90 Å². The summed E-state index contributed by atoms with van der Waals surface area (Å²) < 4.78 is 41.7. The summed E-state index contributed by atoms with van der Waals surface area (Å²) in [6.45, 7) is 3.75. The van der Waals surface area contributed by atoms with E-state index in [9.17, 15) is 22.9 Å². The van der Waals surface area contributed by atoms with Crippen LogP contribution in [0.1, 0.15) is 6.42 Å². The maximum Gasteiger partial charge on any atom is 0.293 e. The normalized spacial score (nSPS) is 15.9. The summed E-state index contributed by atoms with van der Waals surface area (Å²) in [6.07, 6.45) is 0.697. The molecule has 174 valence electrons. The molecule has 0 unspecified atom stereocenters. The SMILES string of the molecule is NS(=O)(=O)c1ccc(N[C@H](CCN2CCOCC2)CSc2ccc(F)cc2)c([N+](=O)[O-])c1. The molecule has 1 heterocycles. The maximum absolute atomic E-state index is 13.2. The van der Waals surface area contributed by atoms with Gasteiger partial charge in [0.15, 0.2) is 0 Å². The molecule has 2 aromatic carbocycles. The molecule has 0 saturated carbocycles. The lowest BCUT2D eigenvalue weighted by Gasteiger charge is -2.29. The molecule has 0 amide bonds. The number of hydrogen-bond acceptors (Lipinski definition) is 8. The van der Waals surface area contributed by atoms with E-state index in [0.717, 1.165) is 30.6 Å². The number of halogens is 1. The van der Waals surface area contributed by atoms with Crippen LogP contribution in [0.3, 0.4) is 0 Å². The van der Waals surface area contributed by atoms with Crippen molar-refractivity contribution < 1.29 is 22.5 Å². The number of anilines is 1. The van der Waals surface area contributed by atoms with Crippen molar-refractivity contribution in [2.24, 2.45) is 5.14 Å². The third kappa shape index (κ3) is 7.14. The molecule has 1 aliphatic heterocycles. The van der Waals surface area contributed by atoms with Crippen LogP contribution < -0.4 is 10.5 Å². The predicted octanol–water partition coefficient (Wildman–Crippen LogP) is 2.68. The molecule has 0 bridgehead atoms. The van der Waals surface area contributed by atoms with Crippen molar-refractivity contribution in [1.29, 1.82) is 0 Å². The summed E-state index contributed by atoms with van der Waals surface area (Å²) in [5, 5.41) is 19.9. The van der Waals surface area contributed by atoms with Gasteiger partial charge in [-0.25, -0.2) is 17.9 Å². The molecule has 3 rings (SSSR count). The first-order valence-corrected chi connectivity index (χ1v) is 12.5. The van der Waals surface area contributed by atoms with E-state index in [2.05, 4.69) is 10.2 Å². The average molecular weight is 485 g/mol. The van der Waals surface area contributed by atoms with Gasteiger partial charge >= 0.3 is 0 Å². The van der Waals surface area contributed by atoms with Crippen molar-refractivity contribution in [3.05, 3.63) is 58.4 Å². The number of ether oxygens (including phenoxy) is 1. The minimum absolute atomic E-state index is 0.160. The fourth-order valence-electron chi connectivity index (χ4n) is 3.27. The lowest BCUT2D eigenvalue weighted by Crippen LogP contribution is -2.39. The standard InChI is InChI=1S/C20H25FN4O5S2/c21-15-1-3-17(4-2-15)31-14-16(7-8-24-9-11-30-12-10-24)23-19-6-5-18(32(22,28)29)13-20(19)25(26)27/h1-6,13,16,23H,7-12,14H2,(H2,22,28,29)/t16-/m1/s1. The Hall–Kier alpha value is -2.25. The molecule has 0 spiro atoms. The molecular weight excluding hydrogens is 459 g/mol. The van der Waals surface area contributed by atoms with E-state index >= 15 is 0 Å². The number of primary sulfonamides is 1. The molecule has 1 aliphatic rings. The second kappa shape index (κ2) is 11.1. The van der Waals surface area contributed by atoms with Crippen LogP contribution in [-0.2, 0) is 14.8 Å². The summed E-state index contributed by atoms with van der Waals surface area (Å²) in [5.41, 5.74) is -0.145. The van der Waals surface area contributed by atoms with E-state index < -0.39 is 14.9 Å². The highest BCUT2D eigenvalue weighted by atomic mass is 32.2. The Bertz CT molecular complexity index is 1030. The van der Waals surface area contributed by atoms with E-state index in [4.69, 9.17) is 9.88 Å². The molecule has 1 saturated heterocycles. The van der Waals surface area contributed by atoms with Crippen LogP contribution in [0.25, 0.3) is 0 Å². The molecule has 2 aromatic rings. The van der Waals surface area contributed by atoms with Crippen molar-refractivity contribution in [3.63, 3.8) is 0 Å². The number of hydrogen-bond donors (Lipinski definition) is 2. The second-order valence-electron chi connectivity index (χ2n) is 7.33. The fraction of sp³-hybridized carbons (Fsp3) is 0.400. The van der Waals surface area contributed by atoms with Crippen LogP contribution in [0.4, 0.5) is 15.8 Å². The van der Waals surface area contributed by atoms with E-state index in [1.807, 2.05) is 0 Å². The molecule has 0 aliphatic carbocycles. The molecule has 9 nitrogen and oxygen atoms in total. The Labute approximate surface area is 190 Å². The first-order chi connectivity index (χ1) is 15.2. The molecule has 0 aromatic heterocycles. The van der Waals surface area contributed by atoms with Crippen LogP contribution >= 0.6 is 11.8 Å². The van der Waals surface area contributed by atoms with E-state index in [1.54, 1.807) is 12.1 Å². The highest BCUT2D eigenvalue weighted by Crippen LogP contribution is 2.29.